The minimum Gasteiger partial charge on any atom is -0.325 e. The molecule has 0 unspecified atom stereocenters. The third kappa shape index (κ3) is 4.54. The Hall–Kier alpha value is -1.92. The fourth-order valence-electron chi connectivity index (χ4n) is 1.85. The van der Waals surface area contributed by atoms with Crippen LogP contribution < -0.4 is 5.32 Å². The summed E-state index contributed by atoms with van der Waals surface area (Å²) in [6.07, 6.45) is 3.21. The van der Waals surface area contributed by atoms with Crippen LogP contribution in [0.2, 0.25) is 5.02 Å². The first-order chi connectivity index (χ1) is 10.4. The summed E-state index contributed by atoms with van der Waals surface area (Å²) in [5, 5.41) is 3.28. The van der Waals surface area contributed by atoms with Crippen LogP contribution in [0.25, 0.3) is 0 Å². The first kappa shape index (κ1) is 16.5. The second kappa shape index (κ2) is 6.89. The fourth-order valence-corrected chi connectivity index (χ4v) is 2.64. The van der Waals surface area contributed by atoms with E-state index in [1.54, 1.807) is 6.07 Å². The smallest absolute Gasteiger partial charge is 0.224 e. The number of nitrogens with zero attached hydrogens (tertiary/aromatic N) is 1. The highest BCUT2D eigenvalue weighted by Crippen LogP contribution is 2.17. The Bertz CT molecular complexity index is 774. The van der Waals surface area contributed by atoms with E-state index in [-0.39, 0.29) is 17.4 Å². The minimum atomic E-state index is -3.34. The van der Waals surface area contributed by atoms with Gasteiger partial charge in [-0.25, -0.2) is 13.4 Å². The van der Waals surface area contributed by atoms with Crippen molar-refractivity contribution in [3.05, 3.63) is 53.2 Å². The number of aryl methyl sites for hydroxylation is 1. The zero-order chi connectivity index (χ0) is 16.2. The highest BCUT2D eigenvalue weighted by Gasteiger charge is 2.09. The number of sulfone groups is 1. The standard InChI is InChI=1S/C15H15ClN2O3S/c1-22(20,21)15-9-7-12(10-17-15)18-14(19)8-6-11-4-2-3-5-13(11)16/h2-5,7,9-10H,6,8H2,1H3,(H,18,19). The van der Waals surface area contributed by atoms with Gasteiger partial charge in [-0.1, -0.05) is 29.8 Å². The molecule has 0 spiro atoms. The third-order valence-electron chi connectivity index (χ3n) is 2.98. The van der Waals surface area contributed by atoms with E-state index >= 15 is 0 Å². The predicted octanol–water partition coefficient (Wildman–Crippen LogP) is 2.71. The van der Waals surface area contributed by atoms with Crippen LogP contribution in [-0.2, 0) is 21.1 Å². The van der Waals surface area contributed by atoms with Gasteiger partial charge in [0, 0.05) is 17.7 Å². The van der Waals surface area contributed by atoms with Gasteiger partial charge in [0.2, 0.25) is 5.91 Å². The van der Waals surface area contributed by atoms with E-state index in [0.717, 1.165) is 11.8 Å². The molecular formula is C15H15ClN2O3S. The Morgan fingerprint density at radius 1 is 1.23 bits per heavy atom. The van der Waals surface area contributed by atoms with Crippen LogP contribution in [0.3, 0.4) is 0 Å². The van der Waals surface area contributed by atoms with Crippen LogP contribution in [0.4, 0.5) is 5.69 Å². The van der Waals surface area contributed by atoms with E-state index in [1.165, 1.54) is 18.3 Å². The molecule has 1 heterocycles. The topological polar surface area (TPSA) is 76.1 Å². The maximum Gasteiger partial charge on any atom is 0.224 e. The minimum absolute atomic E-state index is 0.0263. The number of aromatic nitrogens is 1. The molecule has 0 aliphatic rings. The van der Waals surface area contributed by atoms with Crippen molar-refractivity contribution in [2.45, 2.75) is 17.9 Å². The van der Waals surface area contributed by atoms with Gasteiger partial charge in [-0.15, -0.1) is 0 Å². The van der Waals surface area contributed by atoms with Crippen molar-refractivity contribution in [1.82, 2.24) is 4.98 Å². The van der Waals surface area contributed by atoms with E-state index in [0.29, 0.717) is 17.1 Å². The van der Waals surface area contributed by atoms with Gasteiger partial charge in [0.25, 0.3) is 0 Å². The summed E-state index contributed by atoms with van der Waals surface area (Å²) in [4.78, 5) is 15.7. The Labute approximate surface area is 134 Å². The lowest BCUT2D eigenvalue weighted by Gasteiger charge is -2.06. The maximum atomic E-state index is 11.9. The van der Waals surface area contributed by atoms with Gasteiger partial charge in [0.1, 0.15) is 0 Å². The second-order valence-corrected chi connectivity index (χ2v) is 7.17. The predicted molar refractivity (Wildman–Crippen MR) is 85.7 cm³/mol. The van der Waals surface area contributed by atoms with Gasteiger partial charge in [0.05, 0.1) is 11.9 Å². The molecule has 5 nitrogen and oxygen atoms in total. The van der Waals surface area contributed by atoms with Crippen molar-refractivity contribution in [3.63, 3.8) is 0 Å². The average Bonchev–Trinajstić information content (AvgIpc) is 2.46. The third-order valence-corrected chi connectivity index (χ3v) is 4.35. The highest BCUT2D eigenvalue weighted by atomic mass is 35.5. The van der Waals surface area contributed by atoms with E-state index < -0.39 is 9.84 Å². The van der Waals surface area contributed by atoms with Gasteiger partial charge in [-0.3, -0.25) is 4.79 Å². The second-order valence-electron chi connectivity index (χ2n) is 4.80. The molecule has 0 fully saturated rings. The number of hydrogen-bond donors (Lipinski definition) is 1. The molecule has 0 saturated carbocycles. The lowest BCUT2D eigenvalue weighted by molar-refractivity contribution is -0.116. The molecule has 0 radical (unpaired) electrons. The quantitative estimate of drug-likeness (QED) is 0.909. The van der Waals surface area contributed by atoms with E-state index in [9.17, 15) is 13.2 Å². The van der Waals surface area contributed by atoms with Crippen LogP contribution in [0, 0.1) is 0 Å². The number of rotatable bonds is 5. The van der Waals surface area contributed by atoms with E-state index in [4.69, 9.17) is 11.6 Å². The Morgan fingerprint density at radius 2 is 1.95 bits per heavy atom. The zero-order valence-corrected chi connectivity index (χ0v) is 13.5. The molecule has 7 heteroatoms. The summed E-state index contributed by atoms with van der Waals surface area (Å²) < 4.78 is 22.6. The number of amides is 1. The summed E-state index contributed by atoms with van der Waals surface area (Å²) in [6.45, 7) is 0. The van der Waals surface area contributed by atoms with E-state index in [1.807, 2.05) is 18.2 Å². The molecule has 0 atom stereocenters. The summed E-state index contributed by atoms with van der Waals surface area (Å²) in [6, 6.07) is 10.2. The molecule has 0 aliphatic heterocycles. The Balaban J connectivity index is 1.94. The molecular weight excluding hydrogens is 324 g/mol. The molecule has 1 aromatic carbocycles. The molecule has 0 saturated heterocycles. The molecule has 1 amide bonds. The maximum absolute atomic E-state index is 11.9. The number of anilines is 1. The SMILES string of the molecule is CS(=O)(=O)c1ccc(NC(=O)CCc2ccccc2Cl)cn1. The monoisotopic (exact) mass is 338 g/mol. The van der Waals surface area contributed by atoms with Gasteiger partial charge < -0.3 is 5.32 Å². The van der Waals surface area contributed by atoms with Crippen LogP contribution in [0.1, 0.15) is 12.0 Å². The van der Waals surface area contributed by atoms with Gasteiger partial charge in [0.15, 0.2) is 14.9 Å². The molecule has 1 N–H and O–H groups in total. The Kier molecular flexibility index (Phi) is 5.15. The van der Waals surface area contributed by atoms with Crippen molar-refractivity contribution >= 4 is 33.0 Å². The van der Waals surface area contributed by atoms with Gasteiger partial charge in [-0.05, 0) is 30.2 Å². The molecule has 22 heavy (non-hydrogen) atoms. The van der Waals surface area contributed by atoms with Crippen molar-refractivity contribution in [2.24, 2.45) is 0 Å². The Morgan fingerprint density at radius 3 is 2.55 bits per heavy atom. The number of halogens is 1. The van der Waals surface area contributed by atoms with Crippen LogP contribution in [-0.4, -0.2) is 25.6 Å². The normalized spacial score (nSPS) is 11.2. The lowest BCUT2D eigenvalue weighted by Crippen LogP contribution is -2.13. The summed E-state index contributed by atoms with van der Waals surface area (Å²) in [5.41, 5.74) is 1.36. The molecule has 0 aliphatic carbocycles. The highest BCUT2D eigenvalue weighted by molar-refractivity contribution is 7.90. The van der Waals surface area contributed by atoms with Crippen LogP contribution in [0.5, 0.6) is 0 Å². The first-order valence-electron chi connectivity index (χ1n) is 6.55. The van der Waals surface area contributed by atoms with E-state index in [2.05, 4.69) is 10.3 Å². The number of nitrogens with one attached hydrogen (secondary N) is 1. The van der Waals surface area contributed by atoms with Crippen LogP contribution >= 0.6 is 11.6 Å². The summed E-state index contributed by atoms with van der Waals surface area (Å²) in [5.74, 6) is -0.186. The molecule has 2 aromatic rings. The lowest BCUT2D eigenvalue weighted by atomic mass is 10.1. The van der Waals surface area contributed by atoms with Crippen molar-refractivity contribution in [1.29, 1.82) is 0 Å². The van der Waals surface area contributed by atoms with Crippen LogP contribution in [0.15, 0.2) is 47.6 Å². The van der Waals surface area contributed by atoms with Crippen molar-refractivity contribution < 1.29 is 13.2 Å². The number of hydrogen-bond acceptors (Lipinski definition) is 4. The summed E-state index contributed by atoms with van der Waals surface area (Å²) in [7, 11) is -3.34. The average molecular weight is 339 g/mol. The molecule has 0 bridgehead atoms. The van der Waals surface area contributed by atoms with Crippen molar-refractivity contribution in [2.75, 3.05) is 11.6 Å². The first-order valence-corrected chi connectivity index (χ1v) is 8.82. The van der Waals surface area contributed by atoms with Gasteiger partial charge >= 0.3 is 0 Å². The number of carbonyl (C=O) groups excluding carboxylic acids is 1. The molecule has 2 rings (SSSR count). The molecule has 116 valence electrons. The van der Waals surface area contributed by atoms with Gasteiger partial charge in [-0.2, -0.15) is 0 Å². The largest absolute Gasteiger partial charge is 0.325 e. The number of benzene rings is 1. The van der Waals surface area contributed by atoms with Crippen molar-refractivity contribution in [3.8, 4) is 0 Å². The zero-order valence-electron chi connectivity index (χ0n) is 11.9. The number of carbonyl (C=O) groups is 1. The molecule has 1 aromatic heterocycles. The number of pyridine rings is 1. The summed E-state index contributed by atoms with van der Waals surface area (Å²) >= 11 is 6.03. The fraction of sp³-hybridized carbons (Fsp3) is 0.200.